The number of hydrogen-bond donors (Lipinski definition) is 0. The number of ether oxygens (including phenoxy) is 1. The van der Waals surface area contributed by atoms with Gasteiger partial charge in [0.25, 0.3) is 0 Å². The number of hydrogen-bond acceptors (Lipinski definition) is 2. The number of para-hydroxylation sites is 1. The molecule has 0 aromatic heterocycles. The van der Waals surface area contributed by atoms with Crippen molar-refractivity contribution in [1.29, 1.82) is 0 Å². The van der Waals surface area contributed by atoms with Crippen LogP contribution in [0.5, 0.6) is 5.75 Å². The van der Waals surface area contributed by atoms with E-state index in [0.29, 0.717) is 18.9 Å². The Kier molecular flexibility index (Phi) is 6.04. The minimum absolute atomic E-state index is 0.200. The molecule has 1 fully saturated rings. The second kappa shape index (κ2) is 8.65. The maximum atomic E-state index is 13.0. The number of carbonyl (C=O) groups is 1. The van der Waals surface area contributed by atoms with Crippen LogP contribution in [0.4, 0.5) is 4.39 Å². The fraction of sp³-hybridized carbons (Fsp3) is 0.381. The maximum absolute atomic E-state index is 13.0. The molecule has 25 heavy (non-hydrogen) atoms. The second-order valence-electron chi connectivity index (χ2n) is 6.47. The second-order valence-corrected chi connectivity index (χ2v) is 6.47. The quantitative estimate of drug-likeness (QED) is 0.729. The van der Waals surface area contributed by atoms with Gasteiger partial charge < -0.3 is 9.64 Å². The summed E-state index contributed by atoms with van der Waals surface area (Å²) in [5.74, 6) is 1.27. The third-order valence-electron chi connectivity index (χ3n) is 4.74. The van der Waals surface area contributed by atoms with Crippen molar-refractivity contribution in [3.8, 4) is 5.75 Å². The molecule has 1 heterocycles. The van der Waals surface area contributed by atoms with Gasteiger partial charge in [0, 0.05) is 19.5 Å². The third kappa shape index (κ3) is 5.05. The highest BCUT2D eigenvalue weighted by atomic mass is 19.1. The number of amides is 1. The normalized spacial score (nSPS) is 15.2. The van der Waals surface area contributed by atoms with Crippen molar-refractivity contribution in [2.75, 3.05) is 19.7 Å². The van der Waals surface area contributed by atoms with Gasteiger partial charge in [0.1, 0.15) is 11.6 Å². The van der Waals surface area contributed by atoms with Crippen molar-refractivity contribution in [1.82, 2.24) is 4.90 Å². The van der Waals surface area contributed by atoms with Crippen LogP contribution in [0.2, 0.25) is 0 Å². The van der Waals surface area contributed by atoms with Crippen molar-refractivity contribution in [2.45, 2.75) is 31.6 Å². The van der Waals surface area contributed by atoms with E-state index in [0.717, 1.165) is 38.1 Å². The van der Waals surface area contributed by atoms with E-state index in [1.54, 1.807) is 0 Å². The molecular weight excluding hydrogens is 317 g/mol. The monoisotopic (exact) mass is 341 g/mol. The smallest absolute Gasteiger partial charge is 0.222 e. The molecule has 0 N–H and O–H groups in total. The lowest BCUT2D eigenvalue weighted by Crippen LogP contribution is -2.37. The Morgan fingerprint density at radius 2 is 1.72 bits per heavy atom. The van der Waals surface area contributed by atoms with Crippen LogP contribution in [0, 0.1) is 5.82 Å². The molecule has 0 atom stereocenters. The number of rotatable bonds is 6. The summed E-state index contributed by atoms with van der Waals surface area (Å²) in [7, 11) is 0. The van der Waals surface area contributed by atoms with Gasteiger partial charge in [0.05, 0.1) is 6.61 Å². The van der Waals surface area contributed by atoms with E-state index in [2.05, 4.69) is 0 Å². The zero-order chi connectivity index (χ0) is 17.5. The number of nitrogens with zero attached hydrogens (tertiary/aromatic N) is 1. The van der Waals surface area contributed by atoms with Crippen LogP contribution in [0.3, 0.4) is 0 Å². The first-order chi connectivity index (χ1) is 12.2. The summed E-state index contributed by atoms with van der Waals surface area (Å²) in [6.45, 7) is 2.11. The van der Waals surface area contributed by atoms with E-state index in [1.807, 2.05) is 47.4 Å². The fourth-order valence-electron chi connectivity index (χ4n) is 3.29. The lowest BCUT2D eigenvalue weighted by atomic mass is 9.89. The van der Waals surface area contributed by atoms with E-state index >= 15 is 0 Å². The largest absolute Gasteiger partial charge is 0.494 e. The standard InChI is InChI=1S/C21H24FNO2/c22-19-10-8-17(9-11-19)18-12-14-23(15-13-18)21(24)7-4-16-25-20-5-2-1-3-6-20/h1-3,5-6,8-11,18H,4,7,12-16H2. The molecule has 0 bridgehead atoms. The van der Waals surface area contributed by atoms with Crippen LogP contribution in [0.25, 0.3) is 0 Å². The fourth-order valence-corrected chi connectivity index (χ4v) is 3.29. The van der Waals surface area contributed by atoms with E-state index in [-0.39, 0.29) is 11.7 Å². The van der Waals surface area contributed by atoms with Gasteiger partial charge >= 0.3 is 0 Å². The van der Waals surface area contributed by atoms with Crippen LogP contribution in [0.1, 0.15) is 37.2 Å². The van der Waals surface area contributed by atoms with E-state index in [4.69, 9.17) is 4.74 Å². The Balaban J connectivity index is 1.37. The molecule has 0 saturated carbocycles. The van der Waals surface area contributed by atoms with E-state index < -0.39 is 0 Å². The van der Waals surface area contributed by atoms with Gasteiger partial charge in [-0.1, -0.05) is 30.3 Å². The topological polar surface area (TPSA) is 29.5 Å². The van der Waals surface area contributed by atoms with Crippen LogP contribution in [-0.2, 0) is 4.79 Å². The van der Waals surface area contributed by atoms with E-state index in [1.165, 1.54) is 17.7 Å². The molecule has 3 rings (SSSR count). The van der Waals surface area contributed by atoms with E-state index in [9.17, 15) is 9.18 Å². The summed E-state index contributed by atoms with van der Waals surface area (Å²) in [6, 6.07) is 16.4. The Morgan fingerprint density at radius 1 is 1.04 bits per heavy atom. The summed E-state index contributed by atoms with van der Waals surface area (Å²) in [5.41, 5.74) is 1.17. The van der Waals surface area contributed by atoms with Crippen molar-refractivity contribution in [3.63, 3.8) is 0 Å². The highest BCUT2D eigenvalue weighted by Gasteiger charge is 2.23. The number of halogens is 1. The van der Waals surface area contributed by atoms with Gasteiger partial charge in [-0.15, -0.1) is 0 Å². The van der Waals surface area contributed by atoms with Crippen molar-refractivity contribution in [2.24, 2.45) is 0 Å². The number of benzene rings is 2. The van der Waals surface area contributed by atoms with Gasteiger partial charge in [0.15, 0.2) is 0 Å². The zero-order valence-electron chi connectivity index (χ0n) is 14.4. The number of carbonyl (C=O) groups excluding carboxylic acids is 1. The van der Waals surface area contributed by atoms with Gasteiger partial charge in [0.2, 0.25) is 5.91 Å². The molecule has 3 nitrogen and oxygen atoms in total. The van der Waals surface area contributed by atoms with Gasteiger partial charge in [-0.2, -0.15) is 0 Å². The third-order valence-corrected chi connectivity index (χ3v) is 4.74. The molecule has 4 heteroatoms. The first kappa shape index (κ1) is 17.5. The van der Waals surface area contributed by atoms with Crippen molar-refractivity contribution in [3.05, 3.63) is 66.0 Å². The predicted molar refractivity (Wildman–Crippen MR) is 96.1 cm³/mol. The molecular formula is C21H24FNO2. The minimum atomic E-state index is -0.200. The Bertz CT molecular complexity index is 664. The molecule has 0 spiro atoms. The average molecular weight is 341 g/mol. The molecule has 1 amide bonds. The molecule has 132 valence electrons. The van der Waals surface area contributed by atoms with Crippen LogP contribution in [0.15, 0.2) is 54.6 Å². The lowest BCUT2D eigenvalue weighted by molar-refractivity contribution is -0.132. The highest BCUT2D eigenvalue weighted by molar-refractivity contribution is 5.76. The lowest BCUT2D eigenvalue weighted by Gasteiger charge is -2.32. The molecule has 1 aliphatic rings. The number of likely N-dealkylation sites (tertiary alicyclic amines) is 1. The van der Waals surface area contributed by atoms with Gasteiger partial charge in [-0.3, -0.25) is 4.79 Å². The number of piperidine rings is 1. The van der Waals surface area contributed by atoms with Crippen LogP contribution < -0.4 is 4.74 Å². The first-order valence-corrected chi connectivity index (χ1v) is 8.93. The maximum Gasteiger partial charge on any atom is 0.222 e. The molecule has 0 unspecified atom stereocenters. The summed E-state index contributed by atoms with van der Waals surface area (Å²) in [5, 5.41) is 0. The van der Waals surface area contributed by atoms with Crippen LogP contribution >= 0.6 is 0 Å². The molecule has 0 radical (unpaired) electrons. The highest BCUT2D eigenvalue weighted by Crippen LogP contribution is 2.28. The molecule has 2 aromatic rings. The molecule has 1 aliphatic heterocycles. The molecule has 1 saturated heterocycles. The van der Waals surface area contributed by atoms with Crippen molar-refractivity contribution < 1.29 is 13.9 Å². The summed E-state index contributed by atoms with van der Waals surface area (Å²) >= 11 is 0. The summed E-state index contributed by atoms with van der Waals surface area (Å²) in [4.78, 5) is 14.3. The minimum Gasteiger partial charge on any atom is -0.494 e. The molecule has 0 aliphatic carbocycles. The SMILES string of the molecule is O=C(CCCOc1ccccc1)N1CCC(c2ccc(F)cc2)CC1. The zero-order valence-corrected chi connectivity index (χ0v) is 14.4. The average Bonchev–Trinajstić information content (AvgIpc) is 2.67. The molecule has 2 aromatic carbocycles. The summed E-state index contributed by atoms with van der Waals surface area (Å²) in [6.07, 6.45) is 3.13. The Hall–Kier alpha value is -2.36. The van der Waals surface area contributed by atoms with Crippen molar-refractivity contribution >= 4 is 5.91 Å². The first-order valence-electron chi connectivity index (χ1n) is 8.93. The summed E-state index contributed by atoms with van der Waals surface area (Å²) < 4.78 is 18.6. The Morgan fingerprint density at radius 3 is 2.40 bits per heavy atom. The van der Waals surface area contributed by atoms with Gasteiger partial charge in [-0.05, 0) is 55.0 Å². The Labute approximate surface area is 148 Å². The predicted octanol–water partition coefficient (Wildman–Crippen LogP) is 4.39. The van der Waals surface area contributed by atoms with Gasteiger partial charge in [-0.25, -0.2) is 4.39 Å². The van der Waals surface area contributed by atoms with Crippen LogP contribution in [-0.4, -0.2) is 30.5 Å².